The Bertz CT molecular complexity index is 245. The van der Waals surface area contributed by atoms with Gasteiger partial charge in [0, 0.05) is 13.5 Å². The summed E-state index contributed by atoms with van der Waals surface area (Å²) in [6.45, 7) is 0.675. The molecule has 2 rings (SSSR count). The summed E-state index contributed by atoms with van der Waals surface area (Å²) in [5, 5.41) is 0. The van der Waals surface area contributed by atoms with Crippen molar-refractivity contribution in [3.05, 3.63) is 29.8 Å². The first kappa shape index (κ1) is 7.62. The van der Waals surface area contributed by atoms with Gasteiger partial charge >= 0.3 is 0 Å². The van der Waals surface area contributed by atoms with Gasteiger partial charge in [0.1, 0.15) is 11.9 Å². The minimum atomic E-state index is 0.215. The van der Waals surface area contributed by atoms with E-state index in [-0.39, 0.29) is 6.10 Å². The minimum Gasteiger partial charge on any atom is -0.487 e. The molecule has 1 aliphatic heterocycles. The van der Waals surface area contributed by atoms with Crippen molar-refractivity contribution in [2.45, 2.75) is 12.5 Å². The van der Waals surface area contributed by atoms with Crippen LogP contribution < -0.4 is 4.74 Å². The highest BCUT2D eigenvalue weighted by atomic mass is 16.5. The number of ether oxygens (including phenoxy) is 2. The quantitative estimate of drug-likeness (QED) is 0.661. The predicted octanol–water partition coefficient (Wildman–Crippen LogP) is 1.64. The van der Waals surface area contributed by atoms with E-state index in [0.717, 1.165) is 12.2 Å². The molecule has 1 aromatic carbocycles. The number of hydrogen-bond donors (Lipinski definition) is 0. The average molecular weight is 164 g/mol. The van der Waals surface area contributed by atoms with Crippen molar-refractivity contribution in [2.75, 3.05) is 13.7 Å². The van der Waals surface area contributed by atoms with Crippen LogP contribution in [0.4, 0.5) is 0 Å². The minimum absolute atomic E-state index is 0.215. The molecule has 1 aromatic rings. The van der Waals surface area contributed by atoms with Crippen molar-refractivity contribution in [1.82, 2.24) is 0 Å². The van der Waals surface area contributed by atoms with Gasteiger partial charge in [-0.2, -0.15) is 0 Å². The summed E-state index contributed by atoms with van der Waals surface area (Å²) >= 11 is 0. The smallest absolute Gasteiger partial charge is 0.126 e. The molecule has 0 amide bonds. The highest BCUT2D eigenvalue weighted by Crippen LogP contribution is 2.27. The van der Waals surface area contributed by atoms with Crippen LogP contribution in [0.2, 0.25) is 0 Å². The van der Waals surface area contributed by atoms with Crippen molar-refractivity contribution in [3.63, 3.8) is 0 Å². The van der Waals surface area contributed by atoms with Crippen molar-refractivity contribution in [2.24, 2.45) is 0 Å². The van der Waals surface area contributed by atoms with E-state index in [9.17, 15) is 0 Å². The molecule has 2 nitrogen and oxygen atoms in total. The fourth-order valence-corrected chi connectivity index (χ4v) is 1.53. The Morgan fingerprint density at radius 1 is 1.50 bits per heavy atom. The molecule has 0 aliphatic carbocycles. The molecule has 2 heteroatoms. The summed E-state index contributed by atoms with van der Waals surface area (Å²) in [5.74, 6) is 1.01. The van der Waals surface area contributed by atoms with Crippen molar-refractivity contribution in [1.29, 1.82) is 0 Å². The van der Waals surface area contributed by atoms with Gasteiger partial charge in [0.2, 0.25) is 0 Å². The molecule has 0 radical (unpaired) electrons. The average Bonchev–Trinajstić information content (AvgIpc) is 2.47. The summed E-state index contributed by atoms with van der Waals surface area (Å²) in [5.41, 5.74) is 1.29. The highest BCUT2D eigenvalue weighted by molar-refractivity contribution is 5.37. The van der Waals surface area contributed by atoms with Gasteiger partial charge in [0.15, 0.2) is 0 Å². The molecular weight excluding hydrogens is 152 g/mol. The van der Waals surface area contributed by atoms with Crippen molar-refractivity contribution >= 4 is 0 Å². The summed E-state index contributed by atoms with van der Waals surface area (Å²) in [6, 6.07) is 8.14. The second-order valence-corrected chi connectivity index (χ2v) is 3.01. The summed E-state index contributed by atoms with van der Waals surface area (Å²) in [6.07, 6.45) is 1.19. The first-order valence-electron chi connectivity index (χ1n) is 4.13. The SMILES string of the molecule is COCC1Cc2ccccc2O1. The maximum atomic E-state index is 5.62. The standard InChI is InChI=1S/C10H12O2/c1-11-7-9-6-8-4-2-3-5-10(8)12-9/h2-5,9H,6-7H2,1H3. The van der Waals surface area contributed by atoms with Gasteiger partial charge < -0.3 is 9.47 Å². The molecule has 0 saturated heterocycles. The molecule has 12 heavy (non-hydrogen) atoms. The van der Waals surface area contributed by atoms with E-state index in [1.54, 1.807) is 7.11 Å². The van der Waals surface area contributed by atoms with E-state index in [4.69, 9.17) is 9.47 Å². The van der Waals surface area contributed by atoms with Crippen LogP contribution in [0.5, 0.6) is 5.75 Å². The Morgan fingerprint density at radius 2 is 2.33 bits per heavy atom. The molecule has 0 spiro atoms. The lowest BCUT2D eigenvalue weighted by molar-refractivity contribution is 0.0951. The van der Waals surface area contributed by atoms with Crippen LogP contribution in [0, 0.1) is 0 Å². The third-order valence-corrected chi connectivity index (χ3v) is 2.07. The number of rotatable bonds is 2. The lowest BCUT2D eigenvalue weighted by Crippen LogP contribution is -2.19. The lowest BCUT2D eigenvalue weighted by atomic mass is 10.1. The van der Waals surface area contributed by atoms with Gasteiger partial charge in [-0.3, -0.25) is 0 Å². The van der Waals surface area contributed by atoms with Gasteiger partial charge in [-0.25, -0.2) is 0 Å². The van der Waals surface area contributed by atoms with Crippen LogP contribution in [0.15, 0.2) is 24.3 Å². The number of hydrogen-bond acceptors (Lipinski definition) is 2. The Kier molecular flexibility index (Phi) is 2.00. The third-order valence-electron chi connectivity index (χ3n) is 2.07. The zero-order valence-corrected chi connectivity index (χ0v) is 7.12. The zero-order valence-electron chi connectivity index (χ0n) is 7.12. The number of methoxy groups -OCH3 is 1. The number of benzene rings is 1. The topological polar surface area (TPSA) is 18.5 Å². The molecule has 0 bridgehead atoms. The molecule has 1 heterocycles. The fourth-order valence-electron chi connectivity index (χ4n) is 1.53. The van der Waals surface area contributed by atoms with Gasteiger partial charge in [0.25, 0.3) is 0 Å². The molecule has 1 unspecified atom stereocenters. The van der Waals surface area contributed by atoms with Crippen LogP contribution in [0.1, 0.15) is 5.56 Å². The van der Waals surface area contributed by atoms with Crippen LogP contribution in [0.3, 0.4) is 0 Å². The summed E-state index contributed by atoms with van der Waals surface area (Å²) in [7, 11) is 1.70. The number of fused-ring (bicyclic) bond motifs is 1. The van der Waals surface area contributed by atoms with Crippen molar-refractivity contribution in [3.8, 4) is 5.75 Å². The highest BCUT2D eigenvalue weighted by Gasteiger charge is 2.21. The molecule has 0 saturated carbocycles. The van der Waals surface area contributed by atoms with E-state index >= 15 is 0 Å². The zero-order chi connectivity index (χ0) is 8.39. The Hall–Kier alpha value is -1.02. The monoisotopic (exact) mass is 164 g/mol. The van der Waals surface area contributed by atoms with E-state index in [1.165, 1.54) is 5.56 Å². The van der Waals surface area contributed by atoms with Gasteiger partial charge in [-0.1, -0.05) is 18.2 Å². The largest absolute Gasteiger partial charge is 0.487 e. The summed E-state index contributed by atoms with van der Waals surface area (Å²) in [4.78, 5) is 0. The second kappa shape index (κ2) is 3.15. The van der Waals surface area contributed by atoms with Gasteiger partial charge in [0.05, 0.1) is 6.61 Å². The second-order valence-electron chi connectivity index (χ2n) is 3.01. The first-order chi connectivity index (χ1) is 5.90. The predicted molar refractivity (Wildman–Crippen MR) is 46.4 cm³/mol. The van der Waals surface area contributed by atoms with Crippen LogP contribution in [-0.4, -0.2) is 19.8 Å². The third kappa shape index (κ3) is 1.30. The number of para-hydroxylation sites is 1. The molecule has 1 atom stereocenters. The van der Waals surface area contributed by atoms with Crippen LogP contribution in [-0.2, 0) is 11.2 Å². The maximum absolute atomic E-state index is 5.62. The molecule has 0 N–H and O–H groups in total. The summed E-state index contributed by atoms with van der Waals surface area (Å²) < 4.78 is 10.7. The molecule has 1 aliphatic rings. The van der Waals surface area contributed by atoms with Gasteiger partial charge in [-0.15, -0.1) is 0 Å². The van der Waals surface area contributed by atoms with E-state index in [0.29, 0.717) is 6.61 Å². The van der Waals surface area contributed by atoms with E-state index < -0.39 is 0 Å². The van der Waals surface area contributed by atoms with E-state index in [1.807, 2.05) is 18.2 Å². The Labute approximate surface area is 72.1 Å². The lowest BCUT2D eigenvalue weighted by Gasteiger charge is -2.07. The Balaban J connectivity index is 2.11. The molecule has 0 aromatic heterocycles. The maximum Gasteiger partial charge on any atom is 0.126 e. The molecule has 64 valence electrons. The Morgan fingerprint density at radius 3 is 3.08 bits per heavy atom. The molecular formula is C10H12O2. The molecule has 0 fully saturated rings. The van der Waals surface area contributed by atoms with Crippen LogP contribution >= 0.6 is 0 Å². The van der Waals surface area contributed by atoms with Crippen LogP contribution in [0.25, 0.3) is 0 Å². The van der Waals surface area contributed by atoms with Crippen molar-refractivity contribution < 1.29 is 9.47 Å². The van der Waals surface area contributed by atoms with E-state index in [2.05, 4.69) is 6.07 Å². The van der Waals surface area contributed by atoms with Gasteiger partial charge in [-0.05, 0) is 11.6 Å². The fraction of sp³-hybridized carbons (Fsp3) is 0.400. The normalized spacial score (nSPS) is 20.2. The first-order valence-corrected chi connectivity index (χ1v) is 4.13.